The molecule has 0 amide bonds. The third-order valence-electron chi connectivity index (χ3n) is 4.13. The number of nitrogens with zero attached hydrogens (tertiary/aromatic N) is 4. The van der Waals surface area contributed by atoms with E-state index in [-0.39, 0.29) is 50.2 Å². The zero-order valence-electron chi connectivity index (χ0n) is 13.8. The van der Waals surface area contributed by atoms with Crippen LogP contribution in [0.2, 0.25) is 0 Å². The lowest BCUT2D eigenvalue weighted by Gasteiger charge is -2.30. The molecule has 0 spiro atoms. The molecule has 1 saturated heterocycles. The first-order chi connectivity index (χ1) is 13.0. The number of ether oxygens (including phenoxy) is 3. The molecule has 0 saturated carbocycles. The van der Waals surface area contributed by atoms with Gasteiger partial charge in [-0.2, -0.15) is 9.29 Å². The second-order valence-electron chi connectivity index (χ2n) is 5.73. The number of rotatable bonds is 4. The largest absolute Gasteiger partial charge is 0.486 e. The average Bonchev–Trinajstić information content (AvgIpc) is 3.22. The Bertz CT molecular complexity index is 962. The summed E-state index contributed by atoms with van der Waals surface area (Å²) in [6.07, 6.45) is 0.376. The number of hydrogen-bond acceptors (Lipinski definition) is 10. The number of hydrogen-bond donors (Lipinski definition) is 0. The van der Waals surface area contributed by atoms with Crippen molar-refractivity contribution in [2.45, 2.75) is 11.0 Å². The van der Waals surface area contributed by atoms with E-state index in [0.29, 0.717) is 0 Å². The van der Waals surface area contributed by atoms with Crippen LogP contribution in [-0.4, -0.2) is 60.7 Å². The van der Waals surface area contributed by atoms with Gasteiger partial charge >= 0.3 is 0 Å². The first-order valence-electron chi connectivity index (χ1n) is 7.93. The molecule has 12 nitrogen and oxygen atoms in total. The Hall–Kier alpha value is -2.77. The monoisotopic (exact) mass is 398 g/mol. The van der Waals surface area contributed by atoms with E-state index in [9.17, 15) is 18.5 Å². The predicted octanol–water partition coefficient (Wildman–Crippen LogP) is 0.511. The Labute approximate surface area is 152 Å². The van der Waals surface area contributed by atoms with Crippen LogP contribution in [0, 0.1) is 10.1 Å². The van der Waals surface area contributed by atoms with Crippen LogP contribution in [0.5, 0.6) is 11.5 Å². The third kappa shape index (κ3) is 3.20. The molecule has 1 aromatic heterocycles. The molecule has 0 radical (unpaired) electrons. The zero-order chi connectivity index (χ0) is 19.0. The number of fused-ring (bicyclic) bond motifs is 1. The lowest BCUT2D eigenvalue weighted by molar-refractivity contribution is -0.388. The van der Waals surface area contributed by atoms with Gasteiger partial charge in [0.2, 0.25) is 22.2 Å². The molecule has 27 heavy (non-hydrogen) atoms. The molecule has 3 heterocycles. The van der Waals surface area contributed by atoms with Crippen LogP contribution < -0.4 is 9.47 Å². The molecule has 144 valence electrons. The summed E-state index contributed by atoms with van der Waals surface area (Å²) in [4.78, 5) is 14.1. The molecule has 1 atom stereocenters. The highest BCUT2D eigenvalue weighted by atomic mass is 32.2. The molecule has 1 fully saturated rings. The van der Waals surface area contributed by atoms with Crippen molar-refractivity contribution in [1.29, 1.82) is 0 Å². The quantitative estimate of drug-likeness (QED) is 0.527. The van der Waals surface area contributed by atoms with Crippen molar-refractivity contribution in [3.05, 3.63) is 34.5 Å². The summed E-state index contributed by atoms with van der Waals surface area (Å²) in [6.45, 7) is 0.459. The minimum Gasteiger partial charge on any atom is -0.486 e. The summed E-state index contributed by atoms with van der Waals surface area (Å²) >= 11 is 0. The minimum absolute atomic E-state index is 0.0300. The van der Waals surface area contributed by atoms with Crippen LogP contribution in [0.3, 0.4) is 0 Å². The number of benzene rings is 1. The molecule has 1 aromatic carbocycles. The van der Waals surface area contributed by atoms with Gasteiger partial charge in [-0.15, -0.1) is 0 Å². The zero-order valence-corrected chi connectivity index (χ0v) is 14.6. The average molecular weight is 398 g/mol. The van der Waals surface area contributed by atoms with Crippen molar-refractivity contribution in [2.75, 3.05) is 32.9 Å². The SMILES string of the molecule is O=[N+]([O-])c1cc2c(cc1S(=O)(=O)N1CCOC(c3ncon3)C1)OCCO2. The maximum atomic E-state index is 13.1. The van der Waals surface area contributed by atoms with Gasteiger partial charge in [-0.05, 0) is 0 Å². The Morgan fingerprint density at radius 2 is 1.93 bits per heavy atom. The molecule has 0 bridgehead atoms. The second kappa shape index (κ2) is 6.75. The Balaban J connectivity index is 1.71. The molecular weight excluding hydrogens is 384 g/mol. The molecule has 1 unspecified atom stereocenters. The van der Waals surface area contributed by atoms with Gasteiger partial charge in [0, 0.05) is 19.2 Å². The van der Waals surface area contributed by atoms with Crippen LogP contribution in [-0.2, 0) is 14.8 Å². The van der Waals surface area contributed by atoms with Crippen molar-refractivity contribution >= 4 is 15.7 Å². The summed E-state index contributed by atoms with van der Waals surface area (Å²) in [5, 5.41) is 15.1. The van der Waals surface area contributed by atoms with Crippen LogP contribution in [0.25, 0.3) is 0 Å². The standard InChI is InChI=1S/C14H14N4O8S/c19-18(20)9-5-10-11(25-4-3-24-10)6-13(9)27(21,22)17-1-2-23-12(7-17)14-15-8-26-16-14/h5-6,8,12H,1-4,7H2. The molecule has 0 aliphatic carbocycles. The van der Waals surface area contributed by atoms with E-state index in [0.717, 1.165) is 22.8 Å². The fourth-order valence-corrected chi connectivity index (χ4v) is 4.45. The summed E-state index contributed by atoms with van der Waals surface area (Å²) < 4.78 is 48.2. The second-order valence-corrected chi connectivity index (χ2v) is 7.64. The summed E-state index contributed by atoms with van der Waals surface area (Å²) in [7, 11) is -4.21. The van der Waals surface area contributed by atoms with Gasteiger partial charge < -0.3 is 18.7 Å². The fraction of sp³-hybridized carbons (Fsp3) is 0.429. The highest BCUT2D eigenvalue weighted by Crippen LogP contribution is 2.40. The Morgan fingerprint density at radius 3 is 2.59 bits per heavy atom. The van der Waals surface area contributed by atoms with Crippen molar-refractivity contribution in [2.24, 2.45) is 0 Å². The van der Waals surface area contributed by atoms with Gasteiger partial charge in [-0.3, -0.25) is 10.1 Å². The van der Waals surface area contributed by atoms with Gasteiger partial charge in [0.05, 0.1) is 17.6 Å². The maximum Gasteiger partial charge on any atom is 0.293 e. The molecule has 13 heteroatoms. The van der Waals surface area contributed by atoms with E-state index in [1.807, 2.05) is 0 Å². The van der Waals surface area contributed by atoms with Crippen molar-refractivity contribution in [3.8, 4) is 11.5 Å². The van der Waals surface area contributed by atoms with Crippen LogP contribution in [0.15, 0.2) is 27.9 Å². The van der Waals surface area contributed by atoms with E-state index in [1.54, 1.807) is 0 Å². The first-order valence-corrected chi connectivity index (χ1v) is 9.37. The lowest BCUT2D eigenvalue weighted by Crippen LogP contribution is -2.42. The third-order valence-corrected chi connectivity index (χ3v) is 6.03. The number of aromatic nitrogens is 2. The maximum absolute atomic E-state index is 13.1. The van der Waals surface area contributed by atoms with E-state index in [1.165, 1.54) is 0 Å². The normalized spacial score (nSPS) is 20.4. The Morgan fingerprint density at radius 1 is 1.19 bits per heavy atom. The van der Waals surface area contributed by atoms with Gasteiger partial charge in [-0.1, -0.05) is 5.16 Å². The van der Waals surface area contributed by atoms with E-state index < -0.39 is 31.6 Å². The summed E-state index contributed by atoms with van der Waals surface area (Å²) in [5.41, 5.74) is -0.582. The lowest BCUT2D eigenvalue weighted by atomic mass is 10.2. The number of morpholine rings is 1. The molecule has 2 aromatic rings. The highest BCUT2D eigenvalue weighted by Gasteiger charge is 2.38. The number of nitro benzene ring substituents is 1. The molecular formula is C14H14N4O8S. The first kappa shape index (κ1) is 17.6. The van der Waals surface area contributed by atoms with E-state index in [2.05, 4.69) is 14.7 Å². The van der Waals surface area contributed by atoms with Crippen LogP contribution >= 0.6 is 0 Å². The van der Waals surface area contributed by atoms with Crippen molar-refractivity contribution < 1.29 is 32.1 Å². The van der Waals surface area contributed by atoms with Gasteiger partial charge in [0.1, 0.15) is 19.3 Å². The van der Waals surface area contributed by atoms with Gasteiger partial charge in [0.25, 0.3) is 5.69 Å². The fourth-order valence-electron chi connectivity index (χ4n) is 2.87. The van der Waals surface area contributed by atoms with Crippen molar-refractivity contribution in [1.82, 2.24) is 14.4 Å². The molecule has 0 N–H and O–H groups in total. The smallest absolute Gasteiger partial charge is 0.293 e. The van der Waals surface area contributed by atoms with E-state index >= 15 is 0 Å². The Kier molecular flexibility index (Phi) is 4.41. The van der Waals surface area contributed by atoms with Gasteiger partial charge in [0.15, 0.2) is 16.4 Å². The summed E-state index contributed by atoms with van der Waals surface area (Å²) in [5.74, 6) is 0.485. The number of nitro groups is 1. The van der Waals surface area contributed by atoms with Crippen molar-refractivity contribution in [3.63, 3.8) is 0 Å². The number of sulfonamides is 1. The predicted molar refractivity (Wildman–Crippen MR) is 85.8 cm³/mol. The molecule has 2 aliphatic rings. The van der Waals surface area contributed by atoms with Crippen LogP contribution in [0.4, 0.5) is 5.69 Å². The van der Waals surface area contributed by atoms with E-state index in [4.69, 9.17) is 14.2 Å². The van der Waals surface area contributed by atoms with Crippen LogP contribution in [0.1, 0.15) is 11.9 Å². The van der Waals surface area contributed by atoms with Gasteiger partial charge in [-0.25, -0.2) is 8.42 Å². The molecule has 2 aliphatic heterocycles. The minimum atomic E-state index is -4.21. The topological polar surface area (TPSA) is 147 Å². The summed E-state index contributed by atoms with van der Waals surface area (Å²) in [6, 6.07) is 2.19. The molecule has 4 rings (SSSR count). The highest BCUT2D eigenvalue weighted by molar-refractivity contribution is 7.89.